The normalized spacial score (nSPS) is 17.5. The fourth-order valence-electron chi connectivity index (χ4n) is 4.91. The van der Waals surface area contributed by atoms with Gasteiger partial charge in [0.15, 0.2) is 0 Å². The summed E-state index contributed by atoms with van der Waals surface area (Å²) >= 11 is 5.51. The van der Waals surface area contributed by atoms with E-state index in [1.54, 1.807) is 0 Å². The van der Waals surface area contributed by atoms with Gasteiger partial charge in [0.05, 0.1) is 12.3 Å². The van der Waals surface area contributed by atoms with Crippen molar-refractivity contribution in [3.8, 4) is 0 Å². The van der Waals surface area contributed by atoms with Gasteiger partial charge in [0.2, 0.25) is 21.8 Å². The molecule has 1 unspecified atom stereocenters. The predicted octanol–water partition coefficient (Wildman–Crippen LogP) is 1.24. The summed E-state index contributed by atoms with van der Waals surface area (Å²) in [6.45, 7) is 3.32. The zero-order valence-electron chi connectivity index (χ0n) is 22.4. The maximum absolute atomic E-state index is 13.0. The summed E-state index contributed by atoms with van der Waals surface area (Å²) < 4.78 is 26.0. The monoisotopic (exact) mass is 637 g/mol. The van der Waals surface area contributed by atoms with E-state index in [2.05, 4.69) is 26.0 Å². The lowest BCUT2D eigenvalue weighted by molar-refractivity contribution is -0.139. The predicted molar refractivity (Wildman–Crippen MR) is 157 cm³/mol. The molecule has 0 aromatic carbocycles. The van der Waals surface area contributed by atoms with E-state index in [0.717, 1.165) is 77.5 Å². The number of sulfonamides is 1. The molecule has 2 amide bonds. The van der Waals surface area contributed by atoms with Crippen molar-refractivity contribution in [2.24, 2.45) is 17.8 Å². The molecule has 2 saturated heterocycles. The van der Waals surface area contributed by atoms with E-state index in [1.165, 1.54) is 0 Å². The van der Waals surface area contributed by atoms with E-state index in [4.69, 9.17) is 11.6 Å². The number of halogens is 3. The molecule has 0 bridgehead atoms. The van der Waals surface area contributed by atoms with E-state index >= 15 is 0 Å². The minimum absolute atomic E-state index is 0. The molecule has 15 heteroatoms. The molecule has 2 fully saturated rings. The third kappa shape index (κ3) is 16.2. The van der Waals surface area contributed by atoms with E-state index in [-0.39, 0.29) is 61.2 Å². The second-order valence-corrected chi connectivity index (χ2v) is 12.4. The molecule has 1 atom stereocenters. The lowest BCUT2D eigenvalue weighted by Gasteiger charge is -2.27. The number of carboxylic acids is 1. The topological polar surface area (TPSA) is 166 Å². The van der Waals surface area contributed by atoms with Crippen LogP contribution in [0.2, 0.25) is 0 Å². The van der Waals surface area contributed by atoms with Crippen molar-refractivity contribution < 1.29 is 27.9 Å². The summed E-state index contributed by atoms with van der Waals surface area (Å²) in [5.41, 5.74) is 0. The van der Waals surface area contributed by atoms with Crippen LogP contribution in [0.4, 0.5) is 0 Å². The number of hydrogen-bond acceptors (Lipinski definition) is 7. The molecule has 39 heavy (non-hydrogen) atoms. The van der Waals surface area contributed by atoms with Gasteiger partial charge >= 0.3 is 5.97 Å². The number of aliphatic carboxylic acids is 1. The molecule has 2 aliphatic rings. The first-order chi connectivity index (χ1) is 17.7. The average molecular weight is 639 g/mol. The fraction of sp³-hybridized carbons (Fsp3) is 0.875. The minimum Gasteiger partial charge on any atom is -0.480 e. The van der Waals surface area contributed by atoms with Crippen LogP contribution in [-0.2, 0) is 24.4 Å². The number of hydrogen-bond donors (Lipinski definition) is 6. The summed E-state index contributed by atoms with van der Waals surface area (Å²) in [5, 5.41) is 21.2. The number of nitrogens with one attached hydrogen (secondary N) is 5. The van der Waals surface area contributed by atoms with Crippen molar-refractivity contribution in [3.05, 3.63) is 0 Å². The Morgan fingerprint density at radius 3 is 1.87 bits per heavy atom. The molecule has 0 saturated carbocycles. The van der Waals surface area contributed by atoms with E-state index in [9.17, 15) is 27.9 Å². The molecular weight excluding hydrogens is 593 g/mol. The van der Waals surface area contributed by atoms with Crippen LogP contribution in [0, 0.1) is 17.8 Å². The largest absolute Gasteiger partial charge is 0.480 e. The molecule has 0 aromatic heterocycles. The Morgan fingerprint density at radius 2 is 1.41 bits per heavy atom. The maximum atomic E-state index is 13.0. The number of piperidine rings is 2. The molecule has 2 aliphatic heterocycles. The SMILES string of the molecule is Cl.Cl.O=C(CNC(=O)C(CCC1CCNCC1)CCC1CCNCC1)NCC(NS(=O)(=O)CCCCl)C(=O)O. The van der Waals surface area contributed by atoms with Crippen molar-refractivity contribution in [3.63, 3.8) is 0 Å². The fourth-order valence-corrected chi connectivity index (χ4v) is 6.46. The zero-order chi connectivity index (χ0) is 27.1. The Morgan fingerprint density at radius 1 is 0.897 bits per heavy atom. The first-order valence-electron chi connectivity index (χ1n) is 13.4. The number of carbonyl (C=O) groups excluding carboxylic acids is 2. The molecular formula is C24H46Cl3N5O6S. The summed E-state index contributed by atoms with van der Waals surface area (Å²) in [5.74, 6) is -1.26. The van der Waals surface area contributed by atoms with Gasteiger partial charge in [-0.2, -0.15) is 4.72 Å². The Hall–Kier alpha value is -0.890. The van der Waals surface area contributed by atoms with Crippen LogP contribution in [0.3, 0.4) is 0 Å². The molecule has 2 heterocycles. The Kier molecular flexibility index (Phi) is 20.4. The van der Waals surface area contributed by atoms with Crippen LogP contribution >= 0.6 is 36.4 Å². The highest BCUT2D eigenvalue weighted by atomic mass is 35.5. The molecule has 2 rings (SSSR count). The van der Waals surface area contributed by atoms with Crippen LogP contribution < -0.4 is 26.0 Å². The molecule has 0 spiro atoms. The first kappa shape index (κ1) is 38.1. The van der Waals surface area contributed by atoms with Crippen LogP contribution in [0.25, 0.3) is 0 Å². The zero-order valence-corrected chi connectivity index (χ0v) is 25.6. The van der Waals surface area contributed by atoms with Gasteiger partial charge in [-0.05, 0) is 95.8 Å². The third-order valence-corrected chi connectivity index (χ3v) is 8.97. The molecule has 0 aromatic rings. The van der Waals surface area contributed by atoms with Gasteiger partial charge in [-0.1, -0.05) is 0 Å². The molecule has 230 valence electrons. The van der Waals surface area contributed by atoms with E-state index in [0.29, 0.717) is 11.8 Å². The van der Waals surface area contributed by atoms with Gasteiger partial charge in [0.25, 0.3) is 0 Å². The van der Waals surface area contributed by atoms with Crippen molar-refractivity contribution >= 4 is 64.2 Å². The van der Waals surface area contributed by atoms with Crippen molar-refractivity contribution in [2.75, 3.05) is 50.9 Å². The van der Waals surface area contributed by atoms with Gasteiger partial charge in [-0.25, -0.2) is 8.42 Å². The van der Waals surface area contributed by atoms with E-state index < -0.39 is 34.5 Å². The number of rotatable bonds is 17. The van der Waals surface area contributed by atoms with Crippen LogP contribution in [0.15, 0.2) is 0 Å². The Labute approximate surface area is 250 Å². The van der Waals surface area contributed by atoms with Gasteiger partial charge in [0.1, 0.15) is 6.04 Å². The number of amides is 2. The van der Waals surface area contributed by atoms with Crippen molar-refractivity contribution in [2.45, 2.75) is 63.8 Å². The second-order valence-electron chi connectivity index (χ2n) is 10.1. The molecule has 0 aliphatic carbocycles. The van der Waals surface area contributed by atoms with Gasteiger partial charge < -0.3 is 26.4 Å². The summed E-state index contributed by atoms with van der Waals surface area (Å²) in [6, 6.07) is -1.51. The third-order valence-electron chi connectivity index (χ3n) is 7.23. The van der Waals surface area contributed by atoms with Gasteiger partial charge in [0, 0.05) is 18.3 Å². The molecule has 6 N–H and O–H groups in total. The van der Waals surface area contributed by atoms with Gasteiger partial charge in [-0.15, -0.1) is 36.4 Å². The standard InChI is InChI=1S/C24H44ClN5O6S.2ClH/c25-10-1-15-37(35,36)30-21(24(33)34)16-28-22(31)17-29-23(32)20(4-2-18-6-11-26-12-7-18)5-3-19-8-13-27-14-9-19;;/h18-21,26-27,30H,1-17H2,(H,28,31)(H,29,32)(H,33,34);2*1H. The first-order valence-corrected chi connectivity index (χ1v) is 15.6. The summed E-state index contributed by atoms with van der Waals surface area (Å²) in [4.78, 5) is 36.8. The lowest BCUT2D eigenvalue weighted by Crippen LogP contribution is -2.50. The van der Waals surface area contributed by atoms with Gasteiger partial charge in [-0.3, -0.25) is 14.4 Å². The highest BCUT2D eigenvalue weighted by Gasteiger charge is 2.26. The Bertz CT molecular complexity index is 805. The highest BCUT2D eigenvalue weighted by molar-refractivity contribution is 7.89. The quantitative estimate of drug-likeness (QED) is 0.130. The lowest BCUT2D eigenvalue weighted by atomic mass is 9.84. The average Bonchev–Trinajstić information content (AvgIpc) is 2.89. The number of carbonyl (C=O) groups is 3. The maximum Gasteiger partial charge on any atom is 0.323 e. The smallest absolute Gasteiger partial charge is 0.323 e. The highest BCUT2D eigenvalue weighted by Crippen LogP contribution is 2.26. The number of carboxylic acid groups (broad SMARTS) is 1. The van der Waals surface area contributed by atoms with Crippen LogP contribution in [0.1, 0.15) is 57.8 Å². The molecule has 11 nitrogen and oxygen atoms in total. The van der Waals surface area contributed by atoms with E-state index in [1.807, 2.05) is 0 Å². The molecule has 0 radical (unpaired) electrons. The summed E-state index contributed by atoms with van der Waals surface area (Å²) in [7, 11) is -3.85. The second kappa shape index (κ2) is 20.9. The minimum atomic E-state index is -3.85. The van der Waals surface area contributed by atoms with Crippen LogP contribution in [0.5, 0.6) is 0 Å². The van der Waals surface area contributed by atoms with Crippen molar-refractivity contribution in [1.82, 2.24) is 26.0 Å². The van der Waals surface area contributed by atoms with Crippen LogP contribution in [-0.4, -0.2) is 88.3 Å². The van der Waals surface area contributed by atoms with Crippen molar-refractivity contribution in [1.29, 1.82) is 0 Å². The summed E-state index contributed by atoms with van der Waals surface area (Å²) in [6.07, 6.45) is 8.19. The Balaban J connectivity index is 0.00000722. The number of alkyl halides is 1.